The molecule has 5 aliphatic rings. The first kappa shape index (κ1) is 23.9. The number of fused-ring (bicyclic) bond motifs is 5. The standard InChI is InChI=1S/C28H47NO4/c1-4-20-23-17-19(30)10-12-28(23,3)22-11-13-27(2)18(8-9-21(27)24(22)25(20)31)7-5-16-33-26(32)29-14-6-15-29/h18-25,30-31H,4-17H2,1-3H3/t18-,19+,20+,21-,22-,23-,24-,25+,27+,28+/m0/s1. The van der Waals surface area contributed by atoms with Gasteiger partial charge in [0.1, 0.15) is 0 Å². The van der Waals surface area contributed by atoms with Crippen LogP contribution in [0, 0.1) is 46.3 Å². The van der Waals surface area contributed by atoms with Crippen molar-refractivity contribution in [3.8, 4) is 0 Å². The van der Waals surface area contributed by atoms with E-state index in [4.69, 9.17) is 4.74 Å². The molecule has 5 fully saturated rings. The molecule has 5 heteroatoms. The predicted octanol–water partition coefficient (Wildman–Crippen LogP) is 5.24. The molecule has 2 N–H and O–H groups in total. The lowest BCUT2D eigenvalue weighted by Gasteiger charge is -2.64. The average molecular weight is 462 g/mol. The maximum Gasteiger partial charge on any atom is 0.409 e. The Morgan fingerprint density at radius 1 is 1.00 bits per heavy atom. The summed E-state index contributed by atoms with van der Waals surface area (Å²) in [6, 6.07) is 0. The van der Waals surface area contributed by atoms with Crippen LogP contribution in [0.25, 0.3) is 0 Å². The number of rotatable bonds is 5. The van der Waals surface area contributed by atoms with Crippen LogP contribution in [0.3, 0.4) is 0 Å². The highest BCUT2D eigenvalue weighted by atomic mass is 16.6. The van der Waals surface area contributed by atoms with E-state index in [2.05, 4.69) is 20.8 Å². The third kappa shape index (κ3) is 3.84. The molecule has 0 aromatic heterocycles. The van der Waals surface area contributed by atoms with Crippen molar-refractivity contribution in [1.82, 2.24) is 4.90 Å². The van der Waals surface area contributed by atoms with Gasteiger partial charge in [-0.05, 0) is 111 Å². The molecule has 4 saturated carbocycles. The summed E-state index contributed by atoms with van der Waals surface area (Å²) < 4.78 is 5.51. The van der Waals surface area contributed by atoms with E-state index in [1.165, 1.54) is 25.7 Å². The van der Waals surface area contributed by atoms with Crippen molar-refractivity contribution in [2.75, 3.05) is 19.7 Å². The Labute approximate surface area is 200 Å². The molecule has 188 valence electrons. The fourth-order valence-corrected chi connectivity index (χ4v) is 9.62. The summed E-state index contributed by atoms with van der Waals surface area (Å²) in [4.78, 5) is 13.8. The second-order valence-corrected chi connectivity index (χ2v) is 12.8. The Balaban J connectivity index is 1.26. The molecular formula is C28H47NO4. The van der Waals surface area contributed by atoms with Gasteiger partial charge in [0.15, 0.2) is 0 Å². The monoisotopic (exact) mass is 461 g/mol. The molecular weight excluding hydrogens is 414 g/mol. The van der Waals surface area contributed by atoms with Gasteiger partial charge >= 0.3 is 6.09 Å². The summed E-state index contributed by atoms with van der Waals surface area (Å²) >= 11 is 0. The van der Waals surface area contributed by atoms with Crippen molar-refractivity contribution in [3.63, 3.8) is 0 Å². The van der Waals surface area contributed by atoms with Crippen LogP contribution in [0.4, 0.5) is 4.79 Å². The smallest absolute Gasteiger partial charge is 0.409 e. The number of hydrogen-bond donors (Lipinski definition) is 2. The van der Waals surface area contributed by atoms with Crippen LogP contribution in [0.2, 0.25) is 0 Å². The minimum absolute atomic E-state index is 0.131. The SMILES string of the molecule is CC[C@H]1[C@@H](O)[C@@H]2[C@H](CC[C@]3(C)[C@@H](CCCOC(=O)N4CCC4)CC[C@@H]23)[C@@]2(C)CC[C@@H](O)C[C@@H]12. The molecule has 5 rings (SSSR count). The van der Waals surface area contributed by atoms with Gasteiger partial charge in [0, 0.05) is 13.1 Å². The number of carbonyl (C=O) groups excluding carboxylic acids is 1. The number of nitrogens with zero attached hydrogens (tertiary/aromatic N) is 1. The van der Waals surface area contributed by atoms with Gasteiger partial charge in [-0.15, -0.1) is 0 Å². The van der Waals surface area contributed by atoms with E-state index < -0.39 is 0 Å². The van der Waals surface area contributed by atoms with Crippen molar-refractivity contribution in [1.29, 1.82) is 0 Å². The fraction of sp³-hybridized carbons (Fsp3) is 0.964. The molecule has 0 unspecified atom stereocenters. The van der Waals surface area contributed by atoms with Crippen LogP contribution in [0.1, 0.15) is 91.4 Å². The molecule has 0 aromatic carbocycles. The molecule has 0 radical (unpaired) electrons. The van der Waals surface area contributed by atoms with Crippen LogP contribution in [0.15, 0.2) is 0 Å². The number of ether oxygens (including phenoxy) is 1. The van der Waals surface area contributed by atoms with E-state index in [1.54, 1.807) is 4.90 Å². The number of likely N-dealkylation sites (tertiary alicyclic amines) is 1. The van der Waals surface area contributed by atoms with Gasteiger partial charge in [-0.3, -0.25) is 0 Å². The van der Waals surface area contributed by atoms with E-state index in [0.29, 0.717) is 47.5 Å². The highest BCUT2D eigenvalue weighted by Gasteiger charge is 2.64. The Bertz CT molecular complexity index is 725. The molecule has 1 heterocycles. The van der Waals surface area contributed by atoms with Gasteiger partial charge in [-0.1, -0.05) is 27.2 Å². The number of hydrogen-bond acceptors (Lipinski definition) is 4. The Morgan fingerprint density at radius 3 is 2.42 bits per heavy atom. The highest BCUT2D eigenvalue weighted by Crippen LogP contribution is 2.69. The van der Waals surface area contributed by atoms with Gasteiger partial charge in [-0.25, -0.2) is 4.79 Å². The Morgan fingerprint density at radius 2 is 1.73 bits per heavy atom. The summed E-state index contributed by atoms with van der Waals surface area (Å²) in [5.74, 6) is 3.09. The minimum Gasteiger partial charge on any atom is -0.449 e. The average Bonchev–Trinajstić information content (AvgIpc) is 3.08. The summed E-state index contributed by atoms with van der Waals surface area (Å²) in [5.41, 5.74) is 0.577. The molecule has 1 amide bonds. The summed E-state index contributed by atoms with van der Waals surface area (Å²) in [6.45, 7) is 9.52. The van der Waals surface area contributed by atoms with Crippen molar-refractivity contribution >= 4 is 6.09 Å². The van der Waals surface area contributed by atoms with Gasteiger partial charge in [0.25, 0.3) is 0 Å². The van der Waals surface area contributed by atoms with Gasteiger partial charge in [0.05, 0.1) is 18.8 Å². The maximum atomic E-state index is 12.0. The van der Waals surface area contributed by atoms with Crippen molar-refractivity contribution < 1.29 is 19.7 Å². The predicted molar refractivity (Wildman–Crippen MR) is 129 cm³/mol. The molecule has 0 aromatic rings. The van der Waals surface area contributed by atoms with Crippen LogP contribution in [-0.4, -0.2) is 53.1 Å². The minimum atomic E-state index is -0.218. The Kier molecular flexibility index (Phi) is 6.52. The first-order valence-corrected chi connectivity index (χ1v) is 14.1. The van der Waals surface area contributed by atoms with E-state index in [9.17, 15) is 15.0 Å². The van der Waals surface area contributed by atoms with E-state index in [-0.39, 0.29) is 23.7 Å². The topological polar surface area (TPSA) is 70.0 Å². The van der Waals surface area contributed by atoms with E-state index in [1.807, 2.05) is 0 Å². The van der Waals surface area contributed by atoms with Crippen molar-refractivity contribution in [2.24, 2.45) is 46.3 Å². The maximum absolute atomic E-state index is 12.0. The van der Waals surface area contributed by atoms with Gasteiger partial charge < -0.3 is 19.8 Å². The number of amides is 1. The lowest BCUT2D eigenvalue weighted by atomic mass is 9.41. The molecule has 10 atom stereocenters. The lowest BCUT2D eigenvalue weighted by Crippen LogP contribution is -2.62. The van der Waals surface area contributed by atoms with Crippen molar-refractivity contribution in [3.05, 3.63) is 0 Å². The van der Waals surface area contributed by atoms with Gasteiger partial charge in [-0.2, -0.15) is 0 Å². The van der Waals surface area contributed by atoms with Gasteiger partial charge in [0.2, 0.25) is 0 Å². The molecule has 4 aliphatic carbocycles. The normalized spacial score (nSPS) is 48.9. The second-order valence-electron chi connectivity index (χ2n) is 12.8. The zero-order valence-electron chi connectivity index (χ0n) is 21.2. The number of aliphatic hydroxyl groups excluding tert-OH is 2. The fourth-order valence-electron chi connectivity index (χ4n) is 9.62. The van der Waals surface area contributed by atoms with Crippen LogP contribution < -0.4 is 0 Å². The van der Waals surface area contributed by atoms with Crippen LogP contribution in [0.5, 0.6) is 0 Å². The molecule has 1 aliphatic heterocycles. The first-order valence-electron chi connectivity index (χ1n) is 14.1. The molecule has 1 saturated heterocycles. The molecule has 33 heavy (non-hydrogen) atoms. The largest absolute Gasteiger partial charge is 0.449 e. The summed E-state index contributed by atoms with van der Waals surface area (Å²) in [6.07, 6.45) is 11.6. The van der Waals surface area contributed by atoms with Crippen LogP contribution in [-0.2, 0) is 4.74 Å². The lowest BCUT2D eigenvalue weighted by molar-refractivity contribution is -0.202. The Hall–Kier alpha value is -0.810. The molecule has 0 spiro atoms. The number of carbonyl (C=O) groups is 1. The third-order valence-electron chi connectivity index (χ3n) is 11.6. The zero-order valence-corrected chi connectivity index (χ0v) is 21.2. The second kappa shape index (κ2) is 9.00. The summed E-state index contributed by atoms with van der Waals surface area (Å²) in [5, 5.41) is 22.2. The highest BCUT2D eigenvalue weighted by molar-refractivity contribution is 5.68. The summed E-state index contributed by atoms with van der Waals surface area (Å²) in [7, 11) is 0. The quantitative estimate of drug-likeness (QED) is 0.550. The molecule has 5 nitrogen and oxygen atoms in total. The number of aliphatic hydroxyl groups is 2. The van der Waals surface area contributed by atoms with E-state index in [0.717, 1.165) is 58.0 Å². The third-order valence-corrected chi connectivity index (χ3v) is 11.6. The zero-order chi connectivity index (χ0) is 23.4. The van der Waals surface area contributed by atoms with Crippen molar-refractivity contribution in [2.45, 2.75) is 104 Å². The molecule has 0 bridgehead atoms. The van der Waals surface area contributed by atoms with Crippen LogP contribution >= 0.6 is 0 Å². The first-order chi connectivity index (χ1) is 15.8. The van der Waals surface area contributed by atoms with E-state index >= 15 is 0 Å².